The first-order chi connectivity index (χ1) is 8.94. The van der Waals surface area contributed by atoms with Gasteiger partial charge in [0.2, 0.25) is 0 Å². The Morgan fingerprint density at radius 1 is 1.32 bits per heavy atom. The molecule has 1 N–H and O–H groups in total. The lowest BCUT2D eigenvalue weighted by Gasteiger charge is -2.25. The summed E-state index contributed by atoms with van der Waals surface area (Å²) in [5.74, 6) is 1.76. The van der Waals surface area contributed by atoms with Crippen molar-refractivity contribution in [3.8, 4) is 5.75 Å². The van der Waals surface area contributed by atoms with Gasteiger partial charge in [-0.25, -0.2) is 0 Å². The standard InChI is InChI=1S/C16H24BrNO/c1-16(2,3)18-10-13-9-14(7-8-15(13)17)19-11-12-5-4-6-12/h7-9,12,18H,4-6,10-11H2,1-3H3. The molecule has 0 aliphatic heterocycles. The van der Waals surface area contributed by atoms with E-state index in [4.69, 9.17) is 4.74 Å². The maximum absolute atomic E-state index is 5.89. The average Bonchev–Trinajstić information content (AvgIpc) is 2.26. The number of halogens is 1. The predicted octanol–water partition coefficient (Wildman–Crippen LogP) is 4.52. The van der Waals surface area contributed by atoms with Crippen molar-refractivity contribution in [3.05, 3.63) is 28.2 Å². The number of hydrogen-bond acceptors (Lipinski definition) is 2. The quantitative estimate of drug-likeness (QED) is 0.859. The van der Waals surface area contributed by atoms with Crippen molar-refractivity contribution < 1.29 is 4.74 Å². The minimum Gasteiger partial charge on any atom is -0.493 e. The topological polar surface area (TPSA) is 21.3 Å². The molecule has 2 rings (SSSR count). The van der Waals surface area contributed by atoms with Gasteiger partial charge in [0.1, 0.15) is 5.75 Å². The Kier molecular flexibility index (Phi) is 4.91. The number of hydrogen-bond donors (Lipinski definition) is 1. The summed E-state index contributed by atoms with van der Waals surface area (Å²) in [4.78, 5) is 0. The van der Waals surface area contributed by atoms with Crippen LogP contribution in [0.2, 0.25) is 0 Å². The molecule has 19 heavy (non-hydrogen) atoms. The van der Waals surface area contributed by atoms with Crippen molar-refractivity contribution in [2.45, 2.75) is 52.1 Å². The second-order valence-electron chi connectivity index (χ2n) is 6.46. The predicted molar refractivity (Wildman–Crippen MR) is 83.6 cm³/mol. The third-order valence-electron chi connectivity index (χ3n) is 3.54. The molecule has 0 amide bonds. The van der Waals surface area contributed by atoms with Crippen LogP contribution in [0.15, 0.2) is 22.7 Å². The van der Waals surface area contributed by atoms with Gasteiger partial charge in [-0.2, -0.15) is 0 Å². The molecular formula is C16H24BrNO. The molecule has 1 aliphatic carbocycles. The lowest BCUT2D eigenvalue weighted by Crippen LogP contribution is -2.35. The summed E-state index contributed by atoms with van der Waals surface area (Å²) in [5, 5.41) is 3.51. The van der Waals surface area contributed by atoms with E-state index in [2.05, 4.69) is 54.2 Å². The molecule has 0 bridgehead atoms. The molecular weight excluding hydrogens is 302 g/mol. The van der Waals surface area contributed by atoms with Crippen LogP contribution in [0, 0.1) is 5.92 Å². The average molecular weight is 326 g/mol. The van der Waals surface area contributed by atoms with Crippen LogP contribution < -0.4 is 10.1 Å². The Labute approximate surface area is 125 Å². The van der Waals surface area contributed by atoms with Crippen molar-refractivity contribution in [1.29, 1.82) is 0 Å². The van der Waals surface area contributed by atoms with Gasteiger partial charge in [-0.05, 0) is 63.3 Å². The van der Waals surface area contributed by atoms with E-state index in [-0.39, 0.29) is 5.54 Å². The lowest BCUT2D eigenvalue weighted by atomic mass is 9.86. The van der Waals surface area contributed by atoms with Crippen molar-refractivity contribution >= 4 is 15.9 Å². The molecule has 1 saturated carbocycles. The van der Waals surface area contributed by atoms with Crippen molar-refractivity contribution in [2.24, 2.45) is 5.92 Å². The molecule has 0 radical (unpaired) electrons. The van der Waals surface area contributed by atoms with Gasteiger partial charge in [-0.3, -0.25) is 0 Å². The van der Waals surface area contributed by atoms with E-state index in [9.17, 15) is 0 Å². The minimum absolute atomic E-state index is 0.127. The zero-order valence-corrected chi connectivity index (χ0v) is 13.7. The zero-order chi connectivity index (χ0) is 13.9. The van der Waals surface area contributed by atoms with E-state index < -0.39 is 0 Å². The molecule has 0 spiro atoms. The van der Waals surface area contributed by atoms with Gasteiger partial charge in [0.15, 0.2) is 0 Å². The first-order valence-electron chi connectivity index (χ1n) is 7.10. The van der Waals surface area contributed by atoms with Crippen LogP contribution in [0.1, 0.15) is 45.6 Å². The Hall–Kier alpha value is -0.540. The van der Waals surface area contributed by atoms with Gasteiger partial charge in [-0.15, -0.1) is 0 Å². The molecule has 1 aromatic rings. The fraction of sp³-hybridized carbons (Fsp3) is 0.625. The van der Waals surface area contributed by atoms with Gasteiger partial charge < -0.3 is 10.1 Å². The summed E-state index contributed by atoms with van der Waals surface area (Å²) in [6, 6.07) is 6.26. The number of nitrogens with one attached hydrogen (secondary N) is 1. The maximum atomic E-state index is 5.89. The van der Waals surface area contributed by atoms with E-state index in [0.717, 1.165) is 29.3 Å². The lowest BCUT2D eigenvalue weighted by molar-refractivity contribution is 0.180. The molecule has 3 heteroatoms. The van der Waals surface area contributed by atoms with Gasteiger partial charge in [0.25, 0.3) is 0 Å². The first kappa shape index (κ1) is 14.9. The fourth-order valence-corrected chi connectivity index (χ4v) is 2.40. The molecule has 106 valence electrons. The highest BCUT2D eigenvalue weighted by atomic mass is 79.9. The summed E-state index contributed by atoms with van der Waals surface area (Å²) in [6.07, 6.45) is 4.03. The van der Waals surface area contributed by atoms with Gasteiger partial charge >= 0.3 is 0 Å². The monoisotopic (exact) mass is 325 g/mol. The summed E-state index contributed by atoms with van der Waals surface area (Å²) >= 11 is 3.61. The molecule has 1 aromatic carbocycles. The zero-order valence-electron chi connectivity index (χ0n) is 12.1. The second-order valence-corrected chi connectivity index (χ2v) is 7.32. The van der Waals surface area contributed by atoms with Gasteiger partial charge in [-0.1, -0.05) is 22.4 Å². The van der Waals surface area contributed by atoms with Crippen LogP contribution >= 0.6 is 15.9 Å². The van der Waals surface area contributed by atoms with E-state index in [1.165, 1.54) is 24.8 Å². The van der Waals surface area contributed by atoms with Crippen LogP contribution in [0.25, 0.3) is 0 Å². The van der Waals surface area contributed by atoms with Crippen molar-refractivity contribution in [1.82, 2.24) is 5.32 Å². The summed E-state index contributed by atoms with van der Waals surface area (Å²) < 4.78 is 7.03. The second kappa shape index (κ2) is 6.27. The van der Waals surface area contributed by atoms with Gasteiger partial charge in [0.05, 0.1) is 6.61 Å². The number of rotatable bonds is 5. The summed E-state index contributed by atoms with van der Waals surface area (Å²) in [6.45, 7) is 8.26. The Bertz CT molecular complexity index is 421. The largest absolute Gasteiger partial charge is 0.493 e. The van der Waals surface area contributed by atoms with E-state index >= 15 is 0 Å². The van der Waals surface area contributed by atoms with Crippen LogP contribution in [-0.4, -0.2) is 12.1 Å². The number of benzene rings is 1. The van der Waals surface area contributed by atoms with Gasteiger partial charge in [0, 0.05) is 16.6 Å². The van der Waals surface area contributed by atoms with Crippen molar-refractivity contribution in [3.63, 3.8) is 0 Å². The molecule has 1 aliphatic rings. The molecule has 0 heterocycles. The van der Waals surface area contributed by atoms with E-state index in [1.807, 2.05) is 6.07 Å². The first-order valence-corrected chi connectivity index (χ1v) is 7.89. The summed E-state index contributed by atoms with van der Waals surface area (Å²) in [5.41, 5.74) is 1.38. The third-order valence-corrected chi connectivity index (χ3v) is 4.31. The Balaban J connectivity index is 1.93. The fourth-order valence-electron chi connectivity index (χ4n) is 2.01. The molecule has 2 nitrogen and oxygen atoms in total. The SMILES string of the molecule is CC(C)(C)NCc1cc(OCC2CCC2)ccc1Br. The minimum atomic E-state index is 0.127. The van der Waals surface area contributed by atoms with Crippen LogP contribution in [0.3, 0.4) is 0 Å². The molecule has 0 atom stereocenters. The highest BCUT2D eigenvalue weighted by Crippen LogP contribution is 2.28. The maximum Gasteiger partial charge on any atom is 0.119 e. The highest BCUT2D eigenvalue weighted by Gasteiger charge is 2.18. The molecule has 1 fully saturated rings. The summed E-state index contributed by atoms with van der Waals surface area (Å²) in [7, 11) is 0. The van der Waals surface area contributed by atoms with E-state index in [0.29, 0.717) is 0 Å². The smallest absolute Gasteiger partial charge is 0.119 e. The Morgan fingerprint density at radius 2 is 2.05 bits per heavy atom. The molecule has 0 unspecified atom stereocenters. The third kappa shape index (κ3) is 4.81. The number of ether oxygens (including phenoxy) is 1. The van der Waals surface area contributed by atoms with E-state index in [1.54, 1.807) is 0 Å². The van der Waals surface area contributed by atoms with Crippen LogP contribution in [-0.2, 0) is 6.54 Å². The van der Waals surface area contributed by atoms with Crippen molar-refractivity contribution in [2.75, 3.05) is 6.61 Å². The van der Waals surface area contributed by atoms with Crippen LogP contribution in [0.4, 0.5) is 0 Å². The molecule has 0 aromatic heterocycles. The Morgan fingerprint density at radius 3 is 2.63 bits per heavy atom. The van der Waals surface area contributed by atoms with Crippen LogP contribution in [0.5, 0.6) is 5.75 Å². The molecule has 0 saturated heterocycles. The normalized spacial score (nSPS) is 16.2. The highest BCUT2D eigenvalue weighted by molar-refractivity contribution is 9.10.